The van der Waals surface area contributed by atoms with Crippen LogP contribution in [0.2, 0.25) is 0 Å². The van der Waals surface area contributed by atoms with Crippen molar-refractivity contribution in [1.82, 2.24) is 4.98 Å². The zero-order valence-electron chi connectivity index (χ0n) is 13.0. The second kappa shape index (κ2) is 6.40. The highest BCUT2D eigenvalue weighted by molar-refractivity contribution is 5.71. The van der Waals surface area contributed by atoms with Gasteiger partial charge in [-0.1, -0.05) is 77.9 Å². The molecule has 0 bridgehead atoms. The summed E-state index contributed by atoms with van der Waals surface area (Å²) >= 11 is 0. The van der Waals surface area contributed by atoms with Crippen molar-refractivity contribution in [2.75, 3.05) is 0 Å². The Morgan fingerprint density at radius 1 is 0.727 bits per heavy atom. The Hall–Kier alpha value is -2.67. The molecule has 0 aliphatic rings. The van der Waals surface area contributed by atoms with Crippen LogP contribution in [0.25, 0.3) is 23.4 Å². The fourth-order valence-electron chi connectivity index (χ4n) is 2.58. The summed E-state index contributed by atoms with van der Waals surface area (Å²) in [6.07, 6.45) is 6.16. The van der Waals surface area contributed by atoms with Crippen molar-refractivity contribution in [2.24, 2.45) is 0 Å². The average molecular weight is 285 g/mol. The Kier molecular flexibility index (Phi) is 4.15. The highest BCUT2D eigenvalue weighted by Crippen LogP contribution is 2.17. The van der Waals surface area contributed by atoms with E-state index in [4.69, 9.17) is 0 Å². The van der Waals surface area contributed by atoms with Gasteiger partial charge >= 0.3 is 0 Å². The van der Waals surface area contributed by atoms with E-state index in [1.807, 2.05) is 24.4 Å². The largest absolute Gasteiger partial charge is 0.256 e. The summed E-state index contributed by atoms with van der Waals surface area (Å²) in [5.41, 5.74) is 7.06. The fourth-order valence-corrected chi connectivity index (χ4v) is 2.58. The molecule has 0 atom stereocenters. The standard InChI is InChI=1S/C21H19N/c1-16-12-17(2)14-19(13-16)9-8-18-10-11-21(22-15-18)20-6-4-3-5-7-20/h3-15H,1-2H3/b9-8-. The lowest BCUT2D eigenvalue weighted by atomic mass is 10.1. The van der Waals surface area contributed by atoms with E-state index in [-0.39, 0.29) is 0 Å². The molecule has 3 rings (SSSR count). The molecule has 0 saturated heterocycles. The van der Waals surface area contributed by atoms with Gasteiger partial charge in [0, 0.05) is 11.8 Å². The van der Waals surface area contributed by atoms with E-state index in [9.17, 15) is 0 Å². The molecule has 108 valence electrons. The quantitative estimate of drug-likeness (QED) is 0.616. The molecule has 0 unspecified atom stereocenters. The highest BCUT2D eigenvalue weighted by Gasteiger charge is 1.97. The van der Waals surface area contributed by atoms with Gasteiger partial charge in [-0.15, -0.1) is 0 Å². The molecule has 3 aromatic rings. The van der Waals surface area contributed by atoms with Crippen LogP contribution < -0.4 is 0 Å². The van der Waals surface area contributed by atoms with Gasteiger partial charge in [-0.25, -0.2) is 0 Å². The molecule has 0 saturated carbocycles. The van der Waals surface area contributed by atoms with Crippen LogP contribution in [0.3, 0.4) is 0 Å². The van der Waals surface area contributed by atoms with Crippen molar-refractivity contribution in [2.45, 2.75) is 13.8 Å². The number of hydrogen-bond donors (Lipinski definition) is 0. The third-order valence-corrected chi connectivity index (χ3v) is 3.57. The maximum atomic E-state index is 4.55. The van der Waals surface area contributed by atoms with Crippen LogP contribution in [0, 0.1) is 13.8 Å². The number of pyridine rings is 1. The van der Waals surface area contributed by atoms with Crippen molar-refractivity contribution >= 4 is 12.2 Å². The first-order valence-electron chi connectivity index (χ1n) is 7.48. The molecule has 22 heavy (non-hydrogen) atoms. The van der Waals surface area contributed by atoms with Crippen molar-refractivity contribution in [1.29, 1.82) is 0 Å². The second-order valence-corrected chi connectivity index (χ2v) is 5.60. The van der Waals surface area contributed by atoms with E-state index >= 15 is 0 Å². The van der Waals surface area contributed by atoms with Crippen molar-refractivity contribution in [3.05, 3.63) is 89.1 Å². The first kappa shape index (κ1) is 14.3. The topological polar surface area (TPSA) is 12.9 Å². The Balaban J connectivity index is 1.80. The number of rotatable bonds is 3. The predicted molar refractivity (Wildman–Crippen MR) is 94.5 cm³/mol. The van der Waals surface area contributed by atoms with E-state index in [2.05, 4.69) is 73.4 Å². The zero-order valence-corrected chi connectivity index (χ0v) is 13.0. The lowest BCUT2D eigenvalue weighted by molar-refractivity contribution is 1.31. The van der Waals surface area contributed by atoms with Gasteiger partial charge < -0.3 is 0 Å². The normalized spacial score (nSPS) is 11.0. The Morgan fingerprint density at radius 2 is 1.41 bits per heavy atom. The SMILES string of the molecule is Cc1cc(C)cc(/C=C\c2ccc(-c3ccccc3)nc2)c1. The van der Waals surface area contributed by atoms with E-state index in [1.165, 1.54) is 16.7 Å². The first-order chi connectivity index (χ1) is 10.7. The van der Waals surface area contributed by atoms with Crippen LogP contribution in [-0.4, -0.2) is 4.98 Å². The lowest BCUT2D eigenvalue weighted by Crippen LogP contribution is -1.84. The smallest absolute Gasteiger partial charge is 0.0702 e. The highest BCUT2D eigenvalue weighted by atomic mass is 14.7. The minimum atomic E-state index is 1.00. The first-order valence-corrected chi connectivity index (χ1v) is 7.48. The third-order valence-electron chi connectivity index (χ3n) is 3.57. The summed E-state index contributed by atoms with van der Waals surface area (Å²) in [7, 11) is 0. The number of aromatic nitrogens is 1. The minimum absolute atomic E-state index is 1.00. The summed E-state index contributed by atoms with van der Waals surface area (Å²) < 4.78 is 0. The third kappa shape index (κ3) is 3.50. The molecule has 1 heterocycles. The molecule has 0 radical (unpaired) electrons. The fraction of sp³-hybridized carbons (Fsp3) is 0.0952. The van der Waals surface area contributed by atoms with Crippen LogP contribution in [0.5, 0.6) is 0 Å². The summed E-state index contributed by atoms with van der Waals surface area (Å²) in [4.78, 5) is 4.55. The molecule has 0 fully saturated rings. The van der Waals surface area contributed by atoms with E-state index in [1.54, 1.807) is 0 Å². The molecule has 0 N–H and O–H groups in total. The lowest BCUT2D eigenvalue weighted by Gasteiger charge is -2.02. The van der Waals surface area contributed by atoms with Crippen molar-refractivity contribution < 1.29 is 0 Å². The van der Waals surface area contributed by atoms with Crippen LogP contribution in [0.15, 0.2) is 66.9 Å². The summed E-state index contributed by atoms with van der Waals surface area (Å²) in [6, 6.07) is 21.0. The summed E-state index contributed by atoms with van der Waals surface area (Å²) in [5, 5.41) is 0. The van der Waals surface area contributed by atoms with Gasteiger partial charge in [-0.2, -0.15) is 0 Å². The van der Waals surface area contributed by atoms with Gasteiger partial charge in [0.1, 0.15) is 0 Å². The van der Waals surface area contributed by atoms with Crippen LogP contribution >= 0.6 is 0 Å². The Bertz CT molecular complexity index is 764. The van der Waals surface area contributed by atoms with E-state index < -0.39 is 0 Å². The molecular formula is C21H19N. The predicted octanol–water partition coefficient (Wildman–Crippen LogP) is 5.54. The van der Waals surface area contributed by atoms with Gasteiger partial charge in [0.2, 0.25) is 0 Å². The van der Waals surface area contributed by atoms with Gasteiger partial charge in [-0.05, 0) is 31.0 Å². The summed E-state index contributed by atoms with van der Waals surface area (Å²) in [5.74, 6) is 0. The van der Waals surface area contributed by atoms with Gasteiger partial charge in [0.25, 0.3) is 0 Å². The number of aryl methyl sites for hydroxylation is 2. The van der Waals surface area contributed by atoms with Crippen molar-refractivity contribution in [3.63, 3.8) is 0 Å². The average Bonchev–Trinajstić information content (AvgIpc) is 2.53. The minimum Gasteiger partial charge on any atom is -0.256 e. The molecule has 1 aromatic heterocycles. The zero-order chi connectivity index (χ0) is 15.4. The Labute approximate surface area is 132 Å². The Morgan fingerprint density at radius 3 is 2.05 bits per heavy atom. The monoisotopic (exact) mass is 285 g/mol. The van der Waals surface area contributed by atoms with Crippen LogP contribution in [-0.2, 0) is 0 Å². The maximum absolute atomic E-state index is 4.55. The molecule has 0 spiro atoms. The van der Waals surface area contributed by atoms with Crippen molar-refractivity contribution in [3.8, 4) is 11.3 Å². The maximum Gasteiger partial charge on any atom is 0.0702 e. The van der Waals surface area contributed by atoms with Gasteiger partial charge in [0.05, 0.1) is 5.69 Å². The van der Waals surface area contributed by atoms with E-state index in [0.717, 1.165) is 16.8 Å². The molecular weight excluding hydrogens is 266 g/mol. The molecule has 1 nitrogen and oxygen atoms in total. The number of benzene rings is 2. The van der Waals surface area contributed by atoms with Crippen LogP contribution in [0.1, 0.15) is 22.3 Å². The second-order valence-electron chi connectivity index (χ2n) is 5.60. The molecule has 0 amide bonds. The van der Waals surface area contributed by atoms with Gasteiger partial charge in [-0.3, -0.25) is 4.98 Å². The van der Waals surface area contributed by atoms with Crippen LogP contribution in [0.4, 0.5) is 0 Å². The van der Waals surface area contributed by atoms with E-state index in [0.29, 0.717) is 0 Å². The molecule has 2 aromatic carbocycles. The summed E-state index contributed by atoms with van der Waals surface area (Å²) in [6.45, 7) is 4.25. The number of nitrogens with zero attached hydrogens (tertiary/aromatic N) is 1. The number of hydrogen-bond acceptors (Lipinski definition) is 1. The molecule has 0 aliphatic carbocycles. The van der Waals surface area contributed by atoms with Gasteiger partial charge in [0.15, 0.2) is 0 Å². The molecule has 1 heteroatoms. The molecule has 0 aliphatic heterocycles.